The van der Waals surface area contributed by atoms with E-state index in [4.69, 9.17) is 9.47 Å². The van der Waals surface area contributed by atoms with Gasteiger partial charge in [-0.1, -0.05) is 0 Å². The molecule has 2 aliphatic rings. The fourth-order valence-electron chi connectivity index (χ4n) is 3.90. The maximum atomic E-state index is 5.46. The summed E-state index contributed by atoms with van der Waals surface area (Å²) in [6.07, 6.45) is 3.12. The van der Waals surface area contributed by atoms with E-state index in [1.807, 2.05) is 7.05 Å². The van der Waals surface area contributed by atoms with Gasteiger partial charge in [-0.3, -0.25) is 4.99 Å². The molecule has 1 N–H and O–H groups in total. The summed E-state index contributed by atoms with van der Waals surface area (Å²) >= 11 is 0. The second-order valence-corrected chi connectivity index (χ2v) is 6.84. The Morgan fingerprint density at radius 2 is 1.89 bits per heavy atom. The molecule has 0 aliphatic carbocycles. The zero-order valence-electron chi connectivity index (χ0n) is 16.2. The van der Waals surface area contributed by atoms with E-state index in [1.165, 1.54) is 11.1 Å². The molecule has 0 saturated carbocycles. The molecule has 0 atom stereocenters. The Morgan fingerprint density at radius 3 is 2.63 bits per heavy atom. The lowest BCUT2D eigenvalue weighted by Crippen LogP contribution is -2.44. The highest BCUT2D eigenvalue weighted by atomic mass is 16.5. The van der Waals surface area contributed by atoms with Crippen molar-refractivity contribution in [3.8, 4) is 11.5 Å². The van der Waals surface area contributed by atoms with Gasteiger partial charge in [0.15, 0.2) is 23.3 Å². The minimum absolute atomic E-state index is 0.634. The minimum atomic E-state index is 0.634. The molecule has 0 radical (unpaired) electrons. The third-order valence-corrected chi connectivity index (χ3v) is 5.32. The van der Waals surface area contributed by atoms with E-state index in [0.717, 1.165) is 68.0 Å². The van der Waals surface area contributed by atoms with Gasteiger partial charge in [-0.25, -0.2) is 0 Å². The standard InChI is InChI=1S/C19H26N6O2/c1-20-19(21-11-18-23-22-17-5-4-7-25(17)18)24-8-6-13-9-15(26-2)16(27-3)10-14(13)12-24/h9-10H,4-8,11-12H2,1-3H3,(H,20,21). The van der Waals surface area contributed by atoms with Crippen molar-refractivity contribution in [1.29, 1.82) is 0 Å². The Hall–Kier alpha value is -2.77. The van der Waals surface area contributed by atoms with E-state index in [-0.39, 0.29) is 0 Å². The van der Waals surface area contributed by atoms with Gasteiger partial charge in [0.1, 0.15) is 5.82 Å². The topological polar surface area (TPSA) is 76.8 Å². The molecule has 4 rings (SSSR count). The number of methoxy groups -OCH3 is 2. The number of aryl methyl sites for hydroxylation is 1. The molecular formula is C19H26N6O2. The third-order valence-electron chi connectivity index (χ3n) is 5.32. The van der Waals surface area contributed by atoms with Crippen molar-refractivity contribution in [2.45, 2.75) is 38.9 Å². The average molecular weight is 370 g/mol. The number of fused-ring (bicyclic) bond motifs is 2. The molecule has 3 heterocycles. The van der Waals surface area contributed by atoms with Crippen LogP contribution in [0.25, 0.3) is 0 Å². The van der Waals surface area contributed by atoms with Gasteiger partial charge in [-0.15, -0.1) is 10.2 Å². The highest BCUT2D eigenvalue weighted by Gasteiger charge is 2.23. The molecule has 0 spiro atoms. The van der Waals surface area contributed by atoms with Crippen LogP contribution in [0, 0.1) is 0 Å². The number of nitrogens with zero attached hydrogens (tertiary/aromatic N) is 5. The van der Waals surface area contributed by atoms with Crippen LogP contribution in [0.3, 0.4) is 0 Å². The van der Waals surface area contributed by atoms with E-state index in [0.29, 0.717) is 6.54 Å². The van der Waals surface area contributed by atoms with Crippen LogP contribution in [0.4, 0.5) is 0 Å². The first kappa shape index (κ1) is 17.6. The number of aromatic nitrogens is 3. The van der Waals surface area contributed by atoms with Crippen molar-refractivity contribution >= 4 is 5.96 Å². The SMILES string of the molecule is CN=C(NCc1nnc2n1CCC2)N1CCc2cc(OC)c(OC)cc2C1. The number of ether oxygens (including phenoxy) is 2. The van der Waals surface area contributed by atoms with Gasteiger partial charge in [0.2, 0.25) is 0 Å². The molecular weight excluding hydrogens is 344 g/mol. The van der Waals surface area contributed by atoms with E-state index in [9.17, 15) is 0 Å². The van der Waals surface area contributed by atoms with Crippen molar-refractivity contribution in [2.24, 2.45) is 4.99 Å². The third kappa shape index (κ3) is 3.31. The second-order valence-electron chi connectivity index (χ2n) is 6.84. The zero-order valence-corrected chi connectivity index (χ0v) is 16.2. The van der Waals surface area contributed by atoms with Gasteiger partial charge >= 0.3 is 0 Å². The van der Waals surface area contributed by atoms with Crippen LogP contribution in [0.15, 0.2) is 17.1 Å². The molecule has 27 heavy (non-hydrogen) atoms. The summed E-state index contributed by atoms with van der Waals surface area (Å²) < 4.78 is 13.1. The van der Waals surface area contributed by atoms with Crippen LogP contribution < -0.4 is 14.8 Å². The fourth-order valence-corrected chi connectivity index (χ4v) is 3.90. The molecule has 0 fully saturated rings. The number of rotatable bonds is 4. The fraction of sp³-hybridized carbons (Fsp3) is 0.526. The molecule has 0 bridgehead atoms. The Balaban J connectivity index is 1.46. The highest BCUT2D eigenvalue weighted by Crippen LogP contribution is 2.33. The minimum Gasteiger partial charge on any atom is -0.493 e. The second kappa shape index (κ2) is 7.46. The molecule has 2 aliphatic heterocycles. The lowest BCUT2D eigenvalue weighted by Gasteiger charge is -2.32. The highest BCUT2D eigenvalue weighted by molar-refractivity contribution is 5.80. The summed E-state index contributed by atoms with van der Waals surface area (Å²) in [5, 5.41) is 12.0. The molecule has 2 aromatic rings. The first-order valence-corrected chi connectivity index (χ1v) is 9.33. The van der Waals surface area contributed by atoms with Crippen molar-refractivity contribution in [2.75, 3.05) is 27.8 Å². The van der Waals surface area contributed by atoms with Gasteiger partial charge < -0.3 is 24.3 Å². The number of nitrogens with one attached hydrogen (secondary N) is 1. The molecule has 144 valence electrons. The smallest absolute Gasteiger partial charge is 0.194 e. The first-order chi connectivity index (χ1) is 13.2. The van der Waals surface area contributed by atoms with Gasteiger partial charge in [-0.2, -0.15) is 0 Å². The maximum absolute atomic E-state index is 5.46. The molecule has 0 saturated heterocycles. The van der Waals surface area contributed by atoms with E-state index in [2.05, 4.69) is 42.1 Å². The molecule has 0 unspecified atom stereocenters. The number of hydrogen-bond acceptors (Lipinski definition) is 5. The maximum Gasteiger partial charge on any atom is 0.194 e. The zero-order chi connectivity index (χ0) is 18.8. The largest absolute Gasteiger partial charge is 0.493 e. The van der Waals surface area contributed by atoms with Gasteiger partial charge in [0.25, 0.3) is 0 Å². The van der Waals surface area contributed by atoms with E-state index >= 15 is 0 Å². The molecule has 0 amide bonds. The summed E-state index contributed by atoms with van der Waals surface area (Å²) in [4.78, 5) is 6.73. The van der Waals surface area contributed by atoms with Crippen LogP contribution in [-0.2, 0) is 32.5 Å². The van der Waals surface area contributed by atoms with Gasteiger partial charge in [0, 0.05) is 33.1 Å². The Bertz CT molecular complexity index is 860. The van der Waals surface area contributed by atoms with E-state index in [1.54, 1.807) is 14.2 Å². The lowest BCUT2D eigenvalue weighted by atomic mass is 9.99. The van der Waals surface area contributed by atoms with E-state index < -0.39 is 0 Å². The summed E-state index contributed by atoms with van der Waals surface area (Å²) in [5.74, 6) is 4.50. The summed E-state index contributed by atoms with van der Waals surface area (Å²) in [6, 6.07) is 4.15. The van der Waals surface area contributed by atoms with Crippen LogP contribution in [0.2, 0.25) is 0 Å². The molecule has 1 aromatic heterocycles. The summed E-state index contributed by atoms with van der Waals surface area (Å²) in [6.45, 7) is 3.33. The quantitative estimate of drug-likeness (QED) is 0.647. The number of aliphatic imine (C=N–C) groups is 1. The number of hydrogen-bond donors (Lipinski definition) is 1. The van der Waals surface area contributed by atoms with Gasteiger partial charge in [-0.05, 0) is 36.1 Å². The summed E-state index contributed by atoms with van der Waals surface area (Å²) in [7, 11) is 5.16. The normalized spacial score (nSPS) is 16.1. The lowest BCUT2D eigenvalue weighted by molar-refractivity contribution is 0.345. The van der Waals surface area contributed by atoms with Gasteiger partial charge in [0.05, 0.1) is 20.8 Å². The Labute approximate surface area is 159 Å². The Morgan fingerprint density at radius 1 is 1.11 bits per heavy atom. The van der Waals surface area contributed by atoms with Crippen molar-refractivity contribution < 1.29 is 9.47 Å². The van der Waals surface area contributed by atoms with Crippen LogP contribution in [-0.4, -0.2) is 53.4 Å². The average Bonchev–Trinajstić information content (AvgIpc) is 3.31. The van der Waals surface area contributed by atoms with Crippen LogP contribution >= 0.6 is 0 Å². The van der Waals surface area contributed by atoms with Crippen molar-refractivity contribution in [3.05, 3.63) is 34.9 Å². The molecule has 1 aromatic carbocycles. The van der Waals surface area contributed by atoms with Crippen LogP contribution in [0.1, 0.15) is 29.2 Å². The molecule has 8 heteroatoms. The Kier molecular flexibility index (Phi) is 4.87. The molecule has 8 nitrogen and oxygen atoms in total. The summed E-state index contributed by atoms with van der Waals surface area (Å²) in [5.41, 5.74) is 2.54. The van der Waals surface area contributed by atoms with Crippen molar-refractivity contribution in [1.82, 2.24) is 25.0 Å². The number of benzene rings is 1. The predicted molar refractivity (Wildman–Crippen MR) is 102 cm³/mol. The monoisotopic (exact) mass is 370 g/mol. The van der Waals surface area contributed by atoms with Crippen LogP contribution in [0.5, 0.6) is 11.5 Å². The number of guanidine groups is 1. The predicted octanol–water partition coefficient (Wildman–Crippen LogP) is 1.38. The van der Waals surface area contributed by atoms with Crippen molar-refractivity contribution in [3.63, 3.8) is 0 Å². The first-order valence-electron chi connectivity index (χ1n) is 9.33.